The molecule has 0 saturated carbocycles. The number of benzene rings is 1. The van der Waals surface area contributed by atoms with E-state index in [2.05, 4.69) is 38.8 Å². The quantitative estimate of drug-likeness (QED) is 0.277. The van der Waals surface area contributed by atoms with Gasteiger partial charge in [0.25, 0.3) is 0 Å². The van der Waals surface area contributed by atoms with Crippen molar-refractivity contribution in [3.8, 4) is 5.75 Å². The average molecular weight is 495 g/mol. The first kappa shape index (κ1) is 25.6. The minimum absolute atomic E-state index is 0.280. The molecule has 2 atom stereocenters. The van der Waals surface area contributed by atoms with Crippen molar-refractivity contribution in [3.63, 3.8) is 0 Å². The van der Waals surface area contributed by atoms with Crippen LogP contribution in [0.3, 0.4) is 0 Å². The highest BCUT2D eigenvalue weighted by atomic mass is 32.1. The third-order valence-corrected chi connectivity index (χ3v) is 8.27. The Morgan fingerprint density at radius 2 is 2.06 bits per heavy atom. The van der Waals surface area contributed by atoms with Crippen molar-refractivity contribution < 1.29 is 14.6 Å². The average Bonchev–Trinajstić information content (AvgIpc) is 3.39. The Hall–Kier alpha value is -2.44. The van der Waals surface area contributed by atoms with Gasteiger partial charge in [0.05, 0.1) is 12.6 Å². The number of nitrogens with zero attached hydrogens (tertiary/aromatic N) is 2. The zero-order valence-corrected chi connectivity index (χ0v) is 21.6. The Morgan fingerprint density at radius 1 is 1.14 bits per heavy atom. The number of ether oxygens (including phenoxy) is 1. The van der Waals surface area contributed by atoms with Gasteiger partial charge in [-0.1, -0.05) is 0 Å². The van der Waals surface area contributed by atoms with E-state index in [0.717, 1.165) is 63.0 Å². The van der Waals surface area contributed by atoms with Crippen molar-refractivity contribution in [3.05, 3.63) is 58.4 Å². The van der Waals surface area contributed by atoms with Gasteiger partial charge in [-0.15, -0.1) is 0 Å². The van der Waals surface area contributed by atoms with E-state index in [0.29, 0.717) is 11.8 Å². The highest BCUT2D eigenvalue weighted by Crippen LogP contribution is 2.32. The minimum Gasteiger partial charge on any atom is -0.497 e. The van der Waals surface area contributed by atoms with Crippen molar-refractivity contribution >= 4 is 28.2 Å². The largest absolute Gasteiger partial charge is 0.497 e. The lowest BCUT2D eigenvalue weighted by Crippen LogP contribution is -2.41. The lowest BCUT2D eigenvalue weighted by molar-refractivity contribution is -0.137. The number of pyridine rings is 1. The maximum atomic E-state index is 11.3. The molecule has 5 nitrogen and oxygen atoms in total. The SMILES string of the molecule is COc1ccc2nccc(CCCC3CCN(CCCCc4ccsc4)CC3CCC(=O)O)c2c1. The number of aromatic nitrogens is 1. The summed E-state index contributed by atoms with van der Waals surface area (Å²) in [4.78, 5) is 18.4. The zero-order valence-electron chi connectivity index (χ0n) is 20.8. The number of carboxylic acids is 1. The second-order valence-corrected chi connectivity index (χ2v) is 10.7. The van der Waals surface area contributed by atoms with Crippen molar-refractivity contribution in [1.29, 1.82) is 0 Å². The molecule has 3 heterocycles. The van der Waals surface area contributed by atoms with Crippen LogP contribution in [0.4, 0.5) is 0 Å². The van der Waals surface area contributed by atoms with Crippen LogP contribution in [0, 0.1) is 11.8 Å². The van der Waals surface area contributed by atoms with E-state index in [1.807, 2.05) is 18.3 Å². The molecule has 1 fully saturated rings. The number of aliphatic carboxylic acids is 1. The first-order chi connectivity index (χ1) is 17.1. The van der Waals surface area contributed by atoms with Gasteiger partial charge in [0.2, 0.25) is 0 Å². The number of methoxy groups -OCH3 is 1. The molecule has 0 amide bonds. The van der Waals surface area contributed by atoms with Crippen molar-refractivity contribution in [2.75, 3.05) is 26.7 Å². The van der Waals surface area contributed by atoms with E-state index in [1.54, 1.807) is 18.4 Å². The Morgan fingerprint density at radius 3 is 2.86 bits per heavy atom. The van der Waals surface area contributed by atoms with Crippen molar-refractivity contribution in [2.24, 2.45) is 11.8 Å². The van der Waals surface area contributed by atoms with Crippen LogP contribution in [-0.2, 0) is 17.6 Å². The number of carbonyl (C=O) groups is 1. The van der Waals surface area contributed by atoms with E-state index >= 15 is 0 Å². The molecule has 6 heteroatoms. The van der Waals surface area contributed by atoms with Crippen LogP contribution >= 0.6 is 11.3 Å². The van der Waals surface area contributed by atoms with Gasteiger partial charge in [0, 0.05) is 24.5 Å². The number of thiophene rings is 1. The molecular weight excluding hydrogens is 456 g/mol. The van der Waals surface area contributed by atoms with E-state index in [4.69, 9.17) is 4.74 Å². The lowest BCUT2D eigenvalue weighted by atomic mass is 9.79. The number of fused-ring (bicyclic) bond motifs is 1. The third-order valence-electron chi connectivity index (χ3n) is 7.53. The van der Waals surface area contributed by atoms with Crippen LogP contribution in [0.25, 0.3) is 10.9 Å². The van der Waals surface area contributed by atoms with Crippen molar-refractivity contribution in [1.82, 2.24) is 9.88 Å². The standard InChI is InChI=1S/C29H38N2O3S/c1-34-26-9-10-28-27(19-26)24(12-15-30-28)7-4-6-23-13-17-31(20-25(23)8-11-29(32)33)16-3-2-5-22-14-18-35-21-22/h9-10,12,14-15,18-19,21,23,25H,2-8,11,13,16-17,20H2,1H3,(H,32,33). The molecule has 1 aliphatic rings. The second kappa shape index (κ2) is 13.0. The molecule has 0 radical (unpaired) electrons. The molecule has 0 spiro atoms. The highest BCUT2D eigenvalue weighted by Gasteiger charge is 2.29. The summed E-state index contributed by atoms with van der Waals surface area (Å²) < 4.78 is 5.42. The number of piperidine rings is 1. The first-order valence-corrected chi connectivity index (χ1v) is 13.9. The number of hydrogen-bond donors (Lipinski definition) is 1. The lowest BCUT2D eigenvalue weighted by Gasteiger charge is -2.39. The first-order valence-electron chi connectivity index (χ1n) is 13.0. The van der Waals surface area contributed by atoms with Gasteiger partial charge in [0.1, 0.15) is 5.75 Å². The van der Waals surface area contributed by atoms with E-state index in [9.17, 15) is 9.90 Å². The summed E-state index contributed by atoms with van der Waals surface area (Å²) in [6.45, 7) is 3.32. The third kappa shape index (κ3) is 7.52. The molecular formula is C29H38N2O3S. The van der Waals surface area contributed by atoms with Crippen LogP contribution in [-0.4, -0.2) is 47.7 Å². The molecule has 2 aromatic heterocycles. The maximum Gasteiger partial charge on any atom is 0.303 e. The molecule has 35 heavy (non-hydrogen) atoms. The Balaban J connectivity index is 1.29. The second-order valence-electron chi connectivity index (χ2n) is 9.88. The predicted molar refractivity (Wildman–Crippen MR) is 143 cm³/mol. The molecule has 188 valence electrons. The van der Waals surface area contributed by atoms with E-state index < -0.39 is 5.97 Å². The van der Waals surface area contributed by atoms with Crippen LogP contribution in [0.2, 0.25) is 0 Å². The Bertz CT molecular complexity index is 1070. The zero-order chi connectivity index (χ0) is 24.5. The van der Waals surface area contributed by atoms with Gasteiger partial charge in [-0.2, -0.15) is 11.3 Å². The summed E-state index contributed by atoms with van der Waals surface area (Å²) in [5.74, 6) is 1.28. The van der Waals surface area contributed by atoms with Crippen LogP contribution < -0.4 is 4.74 Å². The summed E-state index contributed by atoms with van der Waals surface area (Å²) in [6.07, 6.45) is 11.0. The molecule has 4 rings (SSSR count). The number of carboxylic acid groups (broad SMARTS) is 1. The number of aryl methyl sites for hydroxylation is 2. The number of hydrogen-bond acceptors (Lipinski definition) is 5. The van der Waals surface area contributed by atoms with Gasteiger partial charge in [-0.3, -0.25) is 9.78 Å². The summed E-state index contributed by atoms with van der Waals surface area (Å²) in [5, 5.41) is 14.9. The van der Waals surface area contributed by atoms with E-state index in [1.165, 1.54) is 35.8 Å². The molecule has 0 bridgehead atoms. The summed E-state index contributed by atoms with van der Waals surface area (Å²) in [6, 6.07) is 10.4. The van der Waals surface area contributed by atoms with Gasteiger partial charge < -0.3 is 14.7 Å². The smallest absolute Gasteiger partial charge is 0.303 e. The van der Waals surface area contributed by atoms with Gasteiger partial charge in [-0.05, 0) is 129 Å². The van der Waals surface area contributed by atoms with Crippen LogP contribution in [0.5, 0.6) is 5.75 Å². The van der Waals surface area contributed by atoms with Crippen molar-refractivity contribution in [2.45, 2.75) is 57.8 Å². The minimum atomic E-state index is -0.672. The van der Waals surface area contributed by atoms with Crippen LogP contribution in [0.1, 0.15) is 56.1 Å². The maximum absolute atomic E-state index is 11.3. The molecule has 1 aliphatic heterocycles. The van der Waals surface area contributed by atoms with Gasteiger partial charge in [0.15, 0.2) is 0 Å². The monoisotopic (exact) mass is 494 g/mol. The molecule has 1 aromatic carbocycles. The van der Waals surface area contributed by atoms with Gasteiger partial charge in [-0.25, -0.2) is 0 Å². The number of unbranched alkanes of at least 4 members (excludes halogenated alkanes) is 1. The molecule has 3 aromatic rings. The fourth-order valence-electron chi connectivity index (χ4n) is 5.56. The summed E-state index contributed by atoms with van der Waals surface area (Å²) in [5.41, 5.74) is 3.78. The topological polar surface area (TPSA) is 62.7 Å². The molecule has 2 unspecified atom stereocenters. The van der Waals surface area contributed by atoms with E-state index in [-0.39, 0.29) is 6.42 Å². The molecule has 1 N–H and O–H groups in total. The van der Waals surface area contributed by atoms with Gasteiger partial charge >= 0.3 is 5.97 Å². The normalized spacial score (nSPS) is 18.7. The summed E-state index contributed by atoms with van der Waals surface area (Å²) in [7, 11) is 1.70. The Kier molecular flexibility index (Phi) is 9.55. The highest BCUT2D eigenvalue weighted by molar-refractivity contribution is 7.07. The fraction of sp³-hybridized carbons (Fsp3) is 0.517. The predicted octanol–water partition coefficient (Wildman–Crippen LogP) is 6.45. The Labute approximate surface area is 213 Å². The number of rotatable bonds is 13. The summed E-state index contributed by atoms with van der Waals surface area (Å²) >= 11 is 1.77. The fourth-order valence-corrected chi connectivity index (χ4v) is 6.26. The number of likely N-dealkylation sites (tertiary alicyclic amines) is 1. The molecule has 0 aliphatic carbocycles. The molecule has 1 saturated heterocycles. The van der Waals surface area contributed by atoms with Crippen LogP contribution in [0.15, 0.2) is 47.3 Å².